The number of benzene rings is 1. The molecular formula is C14H21N7O3S. The molecular weight excluding hydrogens is 346 g/mol. The molecule has 0 fully saturated rings. The molecule has 0 saturated carbocycles. The fourth-order valence-corrected chi connectivity index (χ4v) is 2.43. The van der Waals surface area contributed by atoms with E-state index in [0.717, 1.165) is 5.69 Å². The molecule has 11 heteroatoms. The van der Waals surface area contributed by atoms with Crippen molar-refractivity contribution in [2.75, 3.05) is 41.5 Å². The zero-order valence-electron chi connectivity index (χ0n) is 13.8. The smallest absolute Gasteiger partial charge is 0.233 e. The lowest BCUT2D eigenvalue weighted by Gasteiger charge is -2.22. The van der Waals surface area contributed by atoms with Crippen LogP contribution in [0.4, 0.5) is 23.5 Å². The Hall–Kier alpha value is -2.50. The number of nitrogens with zero attached hydrogens (tertiary/aromatic N) is 4. The van der Waals surface area contributed by atoms with Crippen LogP contribution in [0.25, 0.3) is 0 Å². The largest absolute Gasteiger partial charge is 0.395 e. The zero-order chi connectivity index (χ0) is 18.3. The molecule has 0 saturated heterocycles. The Bertz CT molecular complexity index is 786. The van der Waals surface area contributed by atoms with Gasteiger partial charge in [-0.05, 0) is 19.1 Å². The van der Waals surface area contributed by atoms with E-state index in [-0.39, 0.29) is 43.4 Å². The molecule has 1 heterocycles. The summed E-state index contributed by atoms with van der Waals surface area (Å²) in [7, 11) is -3.40. The van der Waals surface area contributed by atoms with Crippen LogP contribution < -0.4 is 20.7 Å². The number of aliphatic hydroxyl groups is 1. The van der Waals surface area contributed by atoms with Gasteiger partial charge in [-0.2, -0.15) is 19.7 Å². The third-order valence-electron chi connectivity index (χ3n) is 3.18. The molecule has 0 spiro atoms. The van der Waals surface area contributed by atoms with E-state index in [0.29, 0.717) is 0 Å². The molecule has 0 aliphatic carbocycles. The minimum atomic E-state index is -3.40. The first kappa shape index (κ1) is 18.8. The molecule has 0 amide bonds. The SMILES string of the molecule is CCS(=O)(=O)NCN(CCO)c1nc(N)nc(Nc2ccccc2)n1. The number of hydrogen-bond donors (Lipinski definition) is 4. The number of nitrogen functional groups attached to an aromatic ring is 1. The van der Waals surface area contributed by atoms with E-state index < -0.39 is 10.0 Å². The summed E-state index contributed by atoms with van der Waals surface area (Å²) in [6, 6.07) is 9.25. The van der Waals surface area contributed by atoms with E-state index in [4.69, 9.17) is 5.73 Å². The Balaban J connectivity index is 2.22. The number of para-hydroxylation sites is 1. The van der Waals surface area contributed by atoms with E-state index in [1.165, 1.54) is 11.8 Å². The van der Waals surface area contributed by atoms with Crippen molar-refractivity contribution in [3.05, 3.63) is 30.3 Å². The van der Waals surface area contributed by atoms with Crippen LogP contribution in [0, 0.1) is 0 Å². The van der Waals surface area contributed by atoms with Crippen molar-refractivity contribution in [3.8, 4) is 0 Å². The molecule has 0 aliphatic rings. The highest BCUT2D eigenvalue weighted by atomic mass is 32.2. The van der Waals surface area contributed by atoms with Crippen LogP contribution in [0.1, 0.15) is 6.92 Å². The number of hydrogen-bond acceptors (Lipinski definition) is 9. The second kappa shape index (κ2) is 8.55. The van der Waals surface area contributed by atoms with Gasteiger partial charge in [0, 0.05) is 12.2 Å². The summed E-state index contributed by atoms with van der Waals surface area (Å²) in [6.07, 6.45) is 0. The van der Waals surface area contributed by atoms with Crippen molar-refractivity contribution in [1.29, 1.82) is 0 Å². The van der Waals surface area contributed by atoms with E-state index in [1.54, 1.807) is 0 Å². The number of nitrogens with one attached hydrogen (secondary N) is 2. The minimum absolute atomic E-state index is 0.0234. The molecule has 0 atom stereocenters. The third kappa shape index (κ3) is 5.81. The molecule has 0 bridgehead atoms. The van der Waals surface area contributed by atoms with Gasteiger partial charge in [0.25, 0.3) is 0 Å². The molecule has 0 unspecified atom stereocenters. The van der Waals surface area contributed by atoms with Crippen molar-refractivity contribution in [2.45, 2.75) is 6.92 Å². The van der Waals surface area contributed by atoms with Gasteiger partial charge in [0.05, 0.1) is 19.0 Å². The summed E-state index contributed by atoms with van der Waals surface area (Å²) < 4.78 is 25.7. The first-order valence-corrected chi connectivity index (χ1v) is 9.25. The average molecular weight is 367 g/mol. The highest BCUT2D eigenvalue weighted by molar-refractivity contribution is 7.89. The number of aromatic nitrogens is 3. The summed E-state index contributed by atoms with van der Waals surface area (Å²) in [5.41, 5.74) is 6.49. The lowest BCUT2D eigenvalue weighted by Crippen LogP contribution is -2.40. The maximum Gasteiger partial charge on any atom is 0.233 e. The van der Waals surface area contributed by atoms with Crippen LogP contribution in [-0.2, 0) is 10.0 Å². The van der Waals surface area contributed by atoms with Crippen molar-refractivity contribution >= 4 is 33.6 Å². The maximum absolute atomic E-state index is 11.6. The standard InChI is InChI=1S/C14H21N7O3S/c1-2-25(23,24)16-10-21(8-9-22)14-19-12(15)18-13(20-14)17-11-6-4-3-5-7-11/h3-7,16,22H,2,8-10H2,1H3,(H3,15,17,18,19,20). The van der Waals surface area contributed by atoms with Crippen molar-refractivity contribution < 1.29 is 13.5 Å². The van der Waals surface area contributed by atoms with Crippen LogP contribution in [0.3, 0.4) is 0 Å². The lowest BCUT2D eigenvalue weighted by atomic mass is 10.3. The Morgan fingerprint density at radius 1 is 1.20 bits per heavy atom. The van der Waals surface area contributed by atoms with Crippen LogP contribution in [0.2, 0.25) is 0 Å². The summed E-state index contributed by atoms with van der Waals surface area (Å²) >= 11 is 0. The minimum Gasteiger partial charge on any atom is -0.395 e. The van der Waals surface area contributed by atoms with Gasteiger partial charge in [-0.3, -0.25) is 0 Å². The Morgan fingerprint density at radius 2 is 1.92 bits per heavy atom. The number of nitrogens with two attached hydrogens (primary N) is 1. The molecule has 1 aromatic carbocycles. The molecule has 1 aromatic heterocycles. The molecule has 136 valence electrons. The van der Waals surface area contributed by atoms with Gasteiger partial charge in [-0.15, -0.1) is 0 Å². The van der Waals surface area contributed by atoms with Gasteiger partial charge in [0.2, 0.25) is 27.9 Å². The normalized spacial score (nSPS) is 11.3. The Morgan fingerprint density at radius 3 is 2.56 bits per heavy atom. The van der Waals surface area contributed by atoms with Crippen LogP contribution >= 0.6 is 0 Å². The molecule has 0 radical (unpaired) electrons. The summed E-state index contributed by atoms with van der Waals surface area (Å²) in [4.78, 5) is 13.7. The molecule has 0 aliphatic heterocycles. The van der Waals surface area contributed by atoms with Gasteiger partial charge in [-0.1, -0.05) is 18.2 Å². The molecule has 25 heavy (non-hydrogen) atoms. The van der Waals surface area contributed by atoms with E-state index >= 15 is 0 Å². The quantitative estimate of drug-likeness (QED) is 0.446. The first-order chi connectivity index (χ1) is 11.9. The fraction of sp³-hybridized carbons (Fsp3) is 0.357. The predicted octanol–water partition coefficient (Wildman–Crippen LogP) is -0.107. The van der Waals surface area contributed by atoms with Gasteiger partial charge in [0.15, 0.2) is 0 Å². The highest BCUT2D eigenvalue weighted by Crippen LogP contribution is 2.16. The molecule has 2 rings (SSSR count). The van der Waals surface area contributed by atoms with E-state index in [9.17, 15) is 13.5 Å². The Labute approximate surface area is 146 Å². The van der Waals surface area contributed by atoms with Gasteiger partial charge in [-0.25, -0.2) is 8.42 Å². The second-order valence-electron chi connectivity index (χ2n) is 5.00. The predicted molar refractivity (Wildman–Crippen MR) is 95.9 cm³/mol. The average Bonchev–Trinajstić information content (AvgIpc) is 2.59. The van der Waals surface area contributed by atoms with Crippen LogP contribution in [0.15, 0.2) is 30.3 Å². The van der Waals surface area contributed by atoms with Crippen molar-refractivity contribution in [3.63, 3.8) is 0 Å². The van der Waals surface area contributed by atoms with Crippen LogP contribution in [0.5, 0.6) is 0 Å². The lowest BCUT2D eigenvalue weighted by molar-refractivity contribution is 0.301. The maximum atomic E-state index is 11.6. The summed E-state index contributed by atoms with van der Waals surface area (Å²) in [6.45, 7) is 1.36. The number of sulfonamides is 1. The second-order valence-corrected chi connectivity index (χ2v) is 7.10. The Kier molecular flexibility index (Phi) is 6.44. The fourth-order valence-electron chi connectivity index (χ4n) is 1.88. The first-order valence-electron chi connectivity index (χ1n) is 7.60. The third-order valence-corrected chi connectivity index (χ3v) is 4.51. The molecule has 10 nitrogen and oxygen atoms in total. The van der Waals surface area contributed by atoms with E-state index in [2.05, 4.69) is 25.0 Å². The monoisotopic (exact) mass is 367 g/mol. The van der Waals surface area contributed by atoms with Gasteiger partial charge < -0.3 is 21.1 Å². The number of anilines is 4. The van der Waals surface area contributed by atoms with Gasteiger partial charge in [0.1, 0.15) is 0 Å². The topological polar surface area (TPSA) is 146 Å². The van der Waals surface area contributed by atoms with Crippen molar-refractivity contribution in [1.82, 2.24) is 19.7 Å². The van der Waals surface area contributed by atoms with Crippen molar-refractivity contribution in [2.24, 2.45) is 0 Å². The summed E-state index contributed by atoms with van der Waals surface area (Å²) in [5, 5.41) is 12.2. The van der Waals surface area contributed by atoms with E-state index in [1.807, 2.05) is 30.3 Å². The van der Waals surface area contributed by atoms with Crippen LogP contribution in [-0.4, -0.2) is 54.0 Å². The number of aliphatic hydroxyl groups excluding tert-OH is 1. The summed E-state index contributed by atoms with van der Waals surface area (Å²) in [5.74, 6) is 0.290. The number of rotatable bonds is 9. The molecule has 2 aromatic rings. The van der Waals surface area contributed by atoms with Gasteiger partial charge >= 0.3 is 0 Å². The molecule has 5 N–H and O–H groups in total. The zero-order valence-corrected chi connectivity index (χ0v) is 14.6. The highest BCUT2D eigenvalue weighted by Gasteiger charge is 2.15.